The fourth-order valence-electron chi connectivity index (χ4n) is 1.48. The molecule has 2 nitrogen and oxygen atoms in total. The van der Waals surface area contributed by atoms with Crippen molar-refractivity contribution in [2.75, 3.05) is 0 Å². The molecule has 0 fully saturated rings. The van der Waals surface area contributed by atoms with E-state index in [2.05, 4.69) is 15.9 Å². The van der Waals surface area contributed by atoms with Crippen LogP contribution >= 0.6 is 15.9 Å². The van der Waals surface area contributed by atoms with Gasteiger partial charge < -0.3 is 4.98 Å². The summed E-state index contributed by atoms with van der Waals surface area (Å²) >= 11 is 3.00. The Balaban J connectivity index is 3.02. The van der Waals surface area contributed by atoms with E-state index in [4.69, 9.17) is 0 Å². The third kappa shape index (κ3) is 1.53. The predicted octanol–water partition coefficient (Wildman–Crippen LogP) is 2.84. The number of hydrogen-bond acceptors (Lipinski definition) is 1. The summed E-state index contributed by atoms with van der Waals surface area (Å²) in [4.78, 5) is 13.1. The minimum Gasteiger partial charge on any atom is -0.317 e. The average Bonchev–Trinajstić information content (AvgIpc) is 2.27. The van der Waals surface area contributed by atoms with Gasteiger partial charge >= 0.3 is 0 Å². The Morgan fingerprint density at radius 3 is 2.50 bits per heavy atom. The first-order chi connectivity index (χ1) is 7.56. The van der Waals surface area contributed by atoms with Crippen LogP contribution in [0.3, 0.4) is 0 Å². The van der Waals surface area contributed by atoms with Crippen molar-refractivity contribution in [2.24, 2.45) is 0 Å². The quantitative estimate of drug-likeness (QED) is 0.805. The Hall–Kier alpha value is -1.30. The second-order valence-electron chi connectivity index (χ2n) is 3.16. The van der Waals surface area contributed by atoms with E-state index < -0.39 is 23.0 Å². The lowest BCUT2D eigenvalue weighted by Crippen LogP contribution is -2.14. The molecule has 0 atom stereocenters. The lowest BCUT2D eigenvalue weighted by Gasteiger charge is -2.05. The van der Waals surface area contributed by atoms with Crippen LogP contribution in [0.5, 0.6) is 0 Å². The molecule has 84 valence electrons. The summed E-state index contributed by atoms with van der Waals surface area (Å²) in [5.41, 5.74) is -1.37. The summed E-state index contributed by atoms with van der Waals surface area (Å²) in [6, 6.07) is 2.12. The molecule has 0 saturated heterocycles. The molecule has 0 aliphatic rings. The number of nitrogens with one attached hydrogen (secondary N) is 1. The summed E-state index contributed by atoms with van der Waals surface area (Å²) in [5, 5.41) is 0.192. The van der Waals surface area contributed by atoms with Gasteiger partial charge in [0, 0.05) is 16.3 Å². The molecular formula is C10H5BrF3NO. The normalized spacial score (nSPS) is 11.0. The second kappa shape index (κ2) is 3.93. The lowest BCUT2D eigenvalue weighted by atomic mass is 10.1. The fraction of sp³-hybridized carbons (Fsp3) is 0.100. The van der Waals surface area contributed by atoms with E-state index >= 15 is 0 Å². The van der Waals surface area contributed by atoms with E-state index in [1.54, 1.807) is 0 Å². The molecule has 6 heteroatoms. The monoisotopic (exact) mass is 291 g/mol. The number of H-pyrrole nitrogens is 1. The molecular weight excluding hydrogens is 287 g/mol. The second-order valence-corrected chi connectivity index (χ2v) is 3.72. The van der Waals surface area contributed by atoms with E-state index in [1.807, 2.05) is 4.98 Å². The van der Waals surface area contributed by atoms with Gasteiger partial charge in [0.05, 0.1) is 5.52 Å². The van der Waals surface area contributed by atoms with Crippen molar-refractivity contribution in [1.82, 2.24) is 4.98 Å². The Morgan fingerprint density at radius 2 is 1.88 bits per heavy atom. The maximum atomic E-state index is 13.4. The molecule has 0 saturated carbocycles. The summed E-state index contributed by atoms with van der Waals surface area (Å²) in [6.45, 7) is 0. The van der Waals surface area contributed by atoms with Crippen LogP contribution in [0.25, 0.3) is 10.9 Å². The fourth-order valence-corrected chi connectivity index (χ4v) is 2.03. The number of aromatic nitrogens is 1. The molecule has 0 amide bonds. The maximum absolute atomic E-state index is 13.4. The molecule has 1 aromatic carbocycles. The van der Waals surface area contributed by atoms with Crippen LogP contribution in [0, 0.1) is 17.5 Å². The van der Waals surface area contributed by atoms with E-state index in [0.717, 1.165) is 6.07 Å². The van der Waals surface area contributed by atoms with Crippen LogP contribution in [0.4, 0.5) is 13.2 Å². The van der Waals surface area contributed by atoms with Crippen LogP contribution in [0.2, 0.25) is 0 Å². The highest BCUT2D eigenvalue weighted by molar-refractivity contribution is 9.08. The molecule has 0 bridgehead atoms. The Kier molecular flexibility index (Phi) is 2.75. The average molecular weight is 292 g/mol. The van der Waals surface area contributed by atoms with Crippen molar-refractivity contribution in [3.63, 3.8) is 0 Å². The van der Waals surface area contributed by atoms with E-state index in [1.165, 1.54) is 6.07 Å². The largest absolute Gasteiger partial charge is 0.317 e. The van der Waals surface area contributed by atoms with Crippen LogP contribution < -0.4 is 5.56 Å². The zero-order chi connectivity index (χ0) is 11.9. The van der Waals surface area contributed by atoms with Crippen molar-refractivity contribution < 1.29 is 13.2 Å². The van der Waals surface area contributed by atoms with Gasteiger partial charge in [0.1, 0.15) is 0 Å². The minimum atomic E-state index is -1.18. The molecule has 2 aromatic rings. The predicted molar refractivity (Wildman–Crippen MR) is 57.1 cm³/mol. The maximum Gasteiger partial charge on any atom is 0.284 e. The summed E-state index contributed by atoms with van der Waals surface area (Å²) in [5.74, 6) is -3.26. The molecule has 0 spiro atoms. The standard InChI is InChI=1S/C10H5BrF3NO/c11-3-5-4-1-2-6(12)8(14)9(4)15-10(16)7(5)13/h1-2H,3H2,(H,15,16). The Labute approximate surface area is 96.2 Å². The Bertz CT molecular complexity index is 623. The van der Waals surface area contributed by atoms with Crippen molar-refractivity contribution >= 4 is 26.8 Å². The summed E-state index contributed by atoms with van der Waals surface area (Å²) in [6.07, 6.45) is 0. The van der Waals surface area contributed by atoms with Crippen molar-refractivity contribution in [1.29, 1.82) is 0 Å². The number of aromatic amines is 1. The summed E-state index contributed by atoms with van der Waals surface area (Å²) < 4.78 is 39.6. The van der Waals surface area contributed by atoms with E-state index in [0.29, 0.717) is 0 Å². The Morgan fingerprint density at radius 1 is 1.19 bits per heavy atom. The third-order valence-electron chi connectivity index (χ3n) is 2.26. The number of hydrogen-bond donors (Lipinski definition) is 1. The van der Waals surface area contributed by atoms with Crippen LogP contribution in [-0.2, 0) is 5.33 Å². The lowest BCUT2D eigenvalue weighted by molar-refractivity contribution is 0.514. The van der Waals surface area contributed by atoms with Crippen molar-refractivity contribution in [2.45, 2.75) is 5.33 Å². The summed E-state index contributed by atoms with van der Waals surface area (Å²) in [7, 11) is 0. The van der Waals surface area contributed by atoms with Crippen LogP contribution in [-0.4, -0.2) is 4.98 Å². The molecule has 0 aliphatic heterocycles. The first-order valence-corrected chi connectivity index (χ1v) is 5.42. The van der Waals surface area contributed by atoms with Gasteiger partial charge in [-0.2, -0.15) is 0 Å². The van der Waals surface area contributed by atoms with Crippen LogP contribution in [0.1, 0.15) is 5.56 Å². The SMILES string of the molecule is O=c1[nH]c2c(F)c(F)ccc2c(CBr)c1F. The molecule has 1 N–H and O–H groups in total. The number of rotatable bonds is 1. The van der Waals surface area contributed by atoms with Crippen LogP contribution in [0.15, 0.2) is 16.9 Å². The van der Waals surface area contributed by atoms with Gasteiger partial charge in [-0.3, -0.25) is 4.79 Å². The zero-order valence-corrected chi connectivity index (χ0v) is 9.37. The highest BCUT2D eigenvalue weighted by Gasteiger charge is 2.15. The van der Waals surface area contributed by atoms with Crippen molar-refractivity contribution in [3.05, 3.63) is 45.5 Å². The number of alkyl halides is 1. The molecule has 2 rings (SSSR count). The van der Waals surface area contributed by atoms with Gasteiger partial charge in [0.15, 0.2) is 17.5 Å². The van der Waals surface area contributed by atoms with Gasteiger partial charge in [0.25, 0.3) is 5.56 Å². The van der Waals surface area contributed by atoms with Gasteiger partial charge in [-0.25, -0.2) is 13.2 Å². The van der Waals surface area contributed by atoms with Gasteiger partial charge in [-0.05, 0) is 12.1 Å². The first kappa shape index (κ1) is 11.2. The smallest absolute Gasteiger partial charge is 0.284 e. The van der Waals surface area contributed by atoms with Crippen molar-refractivity contribution in [3.8, 4) is 0 Å². The molecule has 0 aliphatic carbocycles. The number of pyridine rings is 1. The zero-order valence-electron chi connectivity index (χ0n) is 7.78. The van der Waals surface area contributed by atoms with Gasteiger partial charge in [-0.15, -0.1) is 0 Å². The molecule has 1 aromatic heterocycles. The van der Waals surface area contributed by atoms with Gasteiger partial charge in [0.2, 0.25) is 0 Å². The number of fused-ring (bicyclic) bond motifs is 1. The minimum absolute atomic E-state index is 0.0117. The topological polar surface area (TPSA) is 32.9 Å². The molecule has 1 heterocycles. The number of halogens is 4. The number of benzene rings is 1. The van der Waals surface area contributed by atoms with E-state index in [9.17, 15) is 18.0 Å². The molecule has 16 heavy (non-hydrogen) atoms. The third-order valence-corrected chi connectivity index (χ3v) is 2.82. The van der Waals surface area contributed by atoms with E-state index in [-0.39, 0.29) is 21.8 Å². The molecule has 0 unspecified atom stereocenters. The first-order valence-electron chi connectivity index (χ1n) is 4.30. The highest BCUT2D eigenvalue weighted by Crippen LogP contribution is 2.23. The van der Waals surface area contributed by atoms with Gasteiger partial charge in [-0.1, -0.05) is 15.9 Å². The molecule has 0 radical (unpaired) electrons. The highest BCUT2D eigenvalue weighted by atomic mass is 79.9.